The molecule has 1 unspecified atom stereocenters. The number of nitrogens with two attached hydrogens (primary N) is 1. The molecule has 0 saturated carbocycles. The molecule has 0 aliphatic rings. The molecule has 0 radical (unpaired) electrons. The fraction of sp³-hybridized carbons (Fsp3) is 0.400. The predicted octanol–water partition coefficient (Wildman–Crippen LogP) is 2.52. The predicted molar refractivity (Wildman–Crippen MR) is 54.8 cm³/mol. The zero-order chi connectivity index (χ0) is 10.6. The summed E-state index contributed by atoms with van der Waals surface area (Å²) >= 11 is 5.75. The van der Waals surface area contributed by atoms with Crippen molar-refractivity contribution < 1.29 is 9.13 Å². The van der Waals surface area contributed by atoms with Gasteiger partial charge in [-0.3, -0.25) is 0 Å². The molecule has 0 aromatic heterocycles. The average Bonchev–Trinajstić information content (AvgIpc) is 2.18. The Morgan fingerprint density at radius 1 is 1.57 bits per heavy atom. The van der Waals surface area contributed by atoms with E-state index in [9.17, 15) is 4.39 Å². The molecular weight excluding hydrogens is 205 g/mol. The van der Waals surface area contributed by atoms with E-state index in [2.05, 4.69) is 0 Å². The van der Waals surface area contributed by atoms with E-state index in [1.54, 1.807) is 6.07 Å². The van der Waals surface area contributed by atoms with E-state index < -0.39 is 6.10 Å². The van der Waals surface area contributed by atoms with Gasteiger partial charge in [0, 0.05) is 23.7 Å². The van der Waals surface area contributed by atoms with Crippen molar-refractivity contribution in [2.45, 2.75) is 13.0 Å². The van der Waals surface area contributed by atoms with Crippen molar-refractivity contribution in [1.29, 1.82) is 0 Å². The molecule has 1 rings (SSSR count). The first-order valence-electron chi connectivity index (χ1n) is 4.45. The van der Waals surface area contributed by atoms with E-state index in [-0.39, 0.29) is 12.4 Å². The summed E-state index contributed by atoms with van der Waals surface area (Å²) in [4.78, 5) is 0. The minimum atomic E-state index is -0.418. The van der Waals surface area contributed by atoms with Crippen LogP contribution in [0.15, 0.2) is 18.2 Å². The zero-order valence-corrected chi connectivity index (χ0v) is 8.72. The fourth-order valence-corrected chi connectivity index (χ4v) is 1.43. The third-order valence-electron chi connectivity index (χ3n) is 1.89. The molecule has 0 heterocycles. The maximum atomic E-state index is 13.3. The van der Waals surface area contributed by atoms with Gasteiger partial charge in [-0.05, 0) is 25.1 Å². The van der Waals surface area contributed by atoms with Crippen LogP contribution >= 0.6 is 11.6 Å². The Balaban J connectivity index is 2.96. The van der Waals surface area contributed by atoms with Crippen LogP contribution in [-0.2, 0) is 4.74 Å². The smallest absolute Gasteiger partial charge is 0.129 e. The van der Waals surface area contributed by atoms with E-state index >= 15 is 0 Å². The van der Waals surface area contributed by atoms with E-state index in [0.29, 0.717) is 17.2 Å². The van der Waals surface area contributed by atoms with Crippen molar-refractivity contribution in [1.82, 2.24) is 0 Å². The Hall–Kier alpha value is -0.640. The van der Waals surface area contributed by atoms with E-state index in [0.717, 1.165) is 0 Å². The van der Waals surface area contributed by atoms with Crippen molar-refractivity contribution in [2.75, 3.05) is 13.2 Å². The second-order valence-corrected chi connectivity index (χ2v) is 3.28. The highest BCUT2D eigenvalue weighted by atomic mass is 35.5. The Labute approximate surface area is 87.8 Å². The van der Waals surface area contributed by atoms with Crippen molar-refractivity contribution in [3.05, 3.63) is 34.6 Å². The fourth-order valence-electron chi connectivity index (χ4n) is 1.25. The molecule has 1 atom stereocenters. The van der Waals surface area contributed by atoms with Crippen LogP contribution in [0.5, 0.6) is 0 Å². The van der Waals surface area contributed by atoms with Crippen LogP contribution in [0.1, 0.15) is 18.6 Å². The number of hydrogen-bond acceptors (Lipinski definition) is 2. The first kappa shape index (κ1) is 11.4. The summed E-state index contributed by atoms with van der Waals surface area (Å²) < 4.78 is 18.6. The van der Waals surface area contributed by atoms with Gasteiger partial charge in [0.25, 0.3) is 0 Å². The topological polar surface area (TPSA) is 35.2 Å². The molecule has 14 heavy (non-hydrogen) atoms. The number of ether oxygens (including phenoxy) is 1. The van der Waals surface area contributed by atoms with Crippen LogP contribution in [0.25, 0.3) is 0 Å². The van der Waals surface area contributed by atoms with Gasteiger partial charge in [-0.15, -0.1) is 0 Å². The molecule has 0 aliphatic heterocycles. The molecular formula is C10H13ClFNO. The molecule has 4 heteroatoms. The van der Waals surface area contributed by atoms with Gasteiger partial charge in [0.05, 0.1) is 6.10 Å². The highest BCUT2D eigenvalue weighted by Gasteiger charge is 2.14. The van der Waals surface area contributed by atoms with Gasteiger partial charge in [0.1, 0.15) is 5.82 Å². The van der Waals surface area contributed by atoms with Gasteiger partial charge in [-0.1, -0.05) is 11.6 Å². The monoisotopic (exact) mass is 217 g/mol. The van der Waals surface area contributed by atoms with Crippen LogP contribution in [-0.4, -0.2) is 13.2 Å². The maximum absolute atomic E-state index is 13.3. The Bertz CT molecular complexity index is 306. The minimum absolute atomic E-state index is 0.241. The minimum Gasteiger partial charge on any atom is -0.372 e. The van der Waals surface area contributed by atoms with Crippen LogP contribution in [0.2, 0.25) is 5.02 Å². The second-order valence-electron chi connectivity index (χ2n) is 2.85. The quantitative estimate of drug-likeness (QED) is 0.841. The summed E-state index contributed by atoms with van der Waals surface area (Å²) in [6, 6.07) is 4.36. The van der Waals surface area contributed by atoms with Crippen molar-refractivity contribution in [3.8, 4) is 0 Å². The largest absolute Gasteiger partial charge is 0.372 e. The van der Waals surface area contributed by atoms with Crippen LogP contribution in [0.4, 0.5) is 4.39 Å². The van der Waals surface area contributed by atoms with E-state index in [4.69, 9.17) is 22.1 Å². The molecule has 0 spiro atoms. The average molecular weight is 218 g/mol. The standard InChI is InChI=1S/C10H13ClFNO/c1-2-14-10(6-13)8-5-7(11)3-4-9(8)12/h3-5,10H,2,6,13H2,1H3. The lowest BCUT2D eigenvalue weighted by Gasteiger charge is -2.16. The molecule has 2 nitrogen and oxygen atoms in total. The van der Waals surface area contributed by atoms with Gasteiger partial charge in [-0.2, -0.15) is 0 Å². The Morgan fingerprint density at radius 2 is 2.29 bits per heavy atom. The van der Waals surface area contributed by atoms with E-state index in [1.807, 2.05) is 6.92 Å². The lowest BCUT2D eigenvalue weighted by atomic mass is 10.1. The summed E-state index contributed by atoms with van der Waals surface area (Å²) in [7, 11) is 0. The molecule has 0 fully saturated rings. The highest BCUT2D eigenvalue weighted by Crippen LogP contribution is 2.23. The number of hydrogen-bond donors (Lipinski definition) is 1. The lowest BCUT2D eigenvalue weighted by molar-refractivity contribution is 0.0663. The molecule has 0 amide bonds. The summed E-state index contributed by atoms with van der Waals surface area (Å²) in [6.07, 6.45) is -0.418. The molecule has 78 valence electrons. The number of halogens is 2. The van der Waals surface area contributed by atoms with Crippen molar-refractivity contribution >= 4 is 11.6 Å². The number of benzene rings is 1. The van der Waals surface area contributed by atoms with Crippen molar-refractivity contribution in [3.63, 3.8) is 0 Å². The Kier molecular flexibility index (Phi) is 4.32. The number of rotatable bonds is 4. The summed E-state index contributed by atoms with van der Waals surface area (Å²) in [6.45, 7) is 2.57. The Morgan fingerprint density at radius 3 is 2.86 bits per heavy atom. The van der Waals surface area contributed by atoms with Crippen molar-refractivity contribution in [2.24, 2.45) is 5.73 Å². The van der Waals surface area contributed by atoms with Gasteiger partial charge in [0.15, 0.2) is 0 Å². The molecule has 2 N–H and O–H groups in total. The summed E-state index contributed by atoms with van der Waals surface area (Å²) in [5, 5.41) is 0.486. The normalized spacial score (nSPS) is 12.9. The van der Waals surface area contributed by atoms with Gasteiger partial charge < -0.3 is 10.5 Å². The molecule has 1 aromatic rings. The zero-order valence-electron chi connectivity index (χ0n) is 7.97. The third kappa shape index (κ3) is 2.67. The molecule has 1 aromatic carbocycles. The van der Waals surface area contributed by atoms with Gasteiger partial charge >= 0.3 is 0 Å². The van der Waals surface area contributed by atoms with Crippen LogP contribution in [0.3, 0.4) is 0 Å². The summed E-state index contributed by atoms with van der Waals surface area (Å²) in [5.41, 5.74) is 5.89. The molecule has 0 saturated heterocycles. The van der Waals surface area contributed by atoms with Gasteiger partial charge in [0.2, 0.25) is 0 Å². The van der Waals surface area contributed by atoms with Gasteiger partial charge in [-0.25, -0.2) is 4.39 Å². The first-order valence-corrected chi connectivity index (χ1v) is 4.83. The third-order valence-corrected chi connectivity index (χ3v) is 2.12. The highest BCUT2D eigenvalue weighted by molar-refractivity contribution is 6.30. The first-order chi connectivity index (χ1) is 6.69. The maximum Gasteiger partial charge on any atom is 0.129 e. The molecule has 0 bridgehead atoms. The lowest BCUT2D eigenvalue weighted by Crippen LogP contribution is -2.17. The summed E-state index contributed by atoms with van der Waals surface area (Å²) in [5.74, 6) is -0.335. The second kappa shape index (κ2) is 5.29. The van der Waals surface area contributed by atoms with E-state index in [1.165, 1.54) is 12.1 Å². The molecule has 0 aliphatic carbocycles. The van der Waals surface area contributed by atoms with Crippen LogP contribution < -0.4 is 5.73 Å². The van der Waals surface area contributed by atoms with Crippen LogP contribution in [0, 0.1) is 5.82 Å². The SMILES string of the molecule is CCOC(CN)c1cc(Cl)ccc1F.